The molecule has 1 heterocycles. The van der Waals surface area contributed by atoms with Crippen molar-refractivity contribution in [2.45, 2.75) is 44.3 Å². The van der Waals surface area contributed by atoms with Crippen LogP contribution in [0.3, 0.4) is 0 Å². The Morgan fingerprint density at radius 1 is 1.33 bits per heavy atom. The maximum Gasteiger partial charge on any atom is 0.306 e. The summed E-state index contributed by atoms with van der Waals surface area (Å²) in [5.74, 6) is 0.154. The van der Waals surface area contributed by atoms with Gasteiger partial charge in [-0.2, -0.15) is 0 Å². The SMILES string of the molecule is O=C1C[C@@H]2CCCC[C@H](O)[C@H]2O1. The Balaban J connectivity index is 2.09. The van der Waals surface area contributed by atoms with E-state index >= 15 is 0 Å². The van der Waals surface area contributed by atoms with Gasteiger partial charge in [0.25, 0.3) is 0 Å². The number of aliphatic hydroxyl groups is 1. The minimum atomic E-state index is -0.413. The van der Waals surface area contributed by atoms with Crippen molar-refractivity contribution in [3.8, 4) is 0 Å². The molecule has 0 aromatic carbocycles. The highest BCUT2D eigenvalue weighted by Gasteiger charge is 2.40. The highest BCUT2D eigenvalue weighted by Crippen LogP contribution is 2.33. The second kappa shape index (κ2) is 3.05. The summed E-state index contributed by atoms with van der Waals surface area (Å²) >= 11 is 0. The number of carbonyl (C=O) groups is 1. The number of fused-ring (bicyclic) bond motifs is 1. The number of esters is 1. The molecule has 1 saturated heterocycles. The summed E-state index contributed by atoms with van der Waals surface area (Å²) < 4.78 is 5.07. The first kappa shape index (κ1) is 8.05. The topological polar surface area (TPSA) is 46.5 Å². The smallest absolute Gasteiger partial charge is 0.306 e. The lowest BCUT2D eigenvalue weighted by atomic mass is 9.95. The van der Waals surface area contributed by atoms with E-state index in [-0.39, 0.29) is 18.0 Å². The molecule has 3 nitrogen and oxygen atoms in total. The number of hydrogen-bond acceptors (Lipinski definition) is 3. The summed E-state index contributed by atoms with van der Waals surface area (Å²) in [5.41, 5.74) is 0. The number of ether oxygens (including phenoxy) is 1. The van der Waals surface area contributed by atoms with Crippen molar-refractivity contribution in [3.05, 3.63) is 0 Å². The van der Waals surface area contributed by atoms with Gasteiger partial charge in [0, 0.05) is 5.92 Å². The zero-order valence-electron chi connectivity index (χ0n) is 7.03. The molecule has 68 valence electrons. The third kappa shape index (κ3) is 1.33. The molecule has 1 N–H and O–H groups in total. The van der Waals surface area contributed by atoms with Gasteiger partial charge in [-0.15, -0.1) is 0 Å². The molecule has 0 unspecified atom stereocenters. The Kier molecular flexibility index (Phi) is 2.05. The summed E-state index contributed by atoms with van der Waals surface area (Å²) in [7, 11) is 0. The molecule has 2 rings (SSSR count). The fourth-order valence-corrected chi connectivity index (χ4v) is 2.21. The fraction of sp³-hybridized carbons (Fsp3) is 0.889. The van der Waals surface area contributed by atoms with Crippen LogP contribution in [-0.2, 0) is 9.53 Å². The van der Waals surface area contributed by atoms with Crippen molar-refractivity contribution < 1.29 is 14.6 Å². The second-order valence-electron chi connectivity index (χ2n) is 3.77. The lowest BCUT2D eigenvalue weighted by molar-refractivity contribution is -0.145. The molecule has 0 spiro atoms. The van der Waals surface area contributed by atoms with E-state index in [1.54, 1.807) is 0 Å². The predicted octanol–water partition coefficient (Wildman–Crippen LogP) is 0.853. The number of hydrogen-bond donors (Lipinski definition) is 1. The van der Waals surface area contributed by atoms with E-state index < -0.39 is 6.10 Å². The number of aliphatic hydroxyl groups excluding tert-OH is 1. The zero-order valence-corrected chi connectivity index (χ0v) is 7.03. The maximum atomic E-state index is 10.9. The van der Waals surface area contributed by atoms with Gasteiger partial charge in [-0.05, 0) is 12.8 Å². The average Bonchev–Trinajstić information content (AvgIpc) is 2.33. The molecule has 3 heteroatoms. The lowest BCUT2D eigenvalue weighted by Crippen LogP contribution is -2.29. The third-order valence-corrected chi connectivity index (χ3v) is 2.87. The molecule has 2 aliphatic rings. The van der Waals surface area contributed by atoms with Crippen LogP contribution in [0.5, 0.6) is 0 Å². The van der Waals surface area contributed by atoms with Gasteiger partial charge in [-0.25, -0.2) is 0 Å². The number of rotatable bonds is 0. The van der Waals surface area contributed by atoms with Crippen LogP contribution in [0.25, 0.3) is 0 Å². The molecule has 0 amide bonds. The monoisotopic (exact) mass is 170 g/mol. The van der Waals surface area contributed by atoms with E-state index in [1.807, 2.05) is 0 Å². The Hall–Kier alpha value is -0.570. The first-order chi connectivity index (χ1) is 5.77. The summed E-state index contributed by atoms with van der Waals surface area (Å²) in [4.78, 5) is 10.9. The standard InChI is InChI=1S/C9H14O3/c10-7-4-2-1-3-6-5-8(11)12-9(6)7/h6-7,9-10H,1-5H2/t6-,7-,9-/m0/s1. The molecule has 1 saturated carbocycles. The van der Waals surface area contributed by atoms with Gasteiger partial charge in [-0.1, -0.05) is 12.8 Å². The van der Waals surface area contributed by atoms with Gasteiger partial charge in [0.15, 0.2) is 0 Å². The van der Waals surface area contributed by atoms with Gasteiger partial charge < -0.3 is 9.84 Å². The van der Waals surface area contributed by atoms with Crippen molar-refractivity contribution in [2.24, 2.45) is 5.92 Å². The molecule has 0 aromatic heterocycles. The van der Waals surface area contributed by atoms with Gasteiger partial charge in [-0.3, -0.25) is 4.79 Å². The molecule has 2 fully saturated rings. The van der Waals surface area contributed by atoms with E-state index in [2.05, 4.69) is 0 Å². The molecular formula is C9H14O3. The molecule has 0 aromatic rings. The molecule has 12 heavy (non-hydrogen) atoms. The van der Waals surface area contributed by atoms with Gasteiger partial charge in [0.05, 0.1) is 12.5 Å². The minimum absolute atomic E-state index is 0.133. The Morgan fingerprint density at radius 3 is 2.92 bits per heavy atom. The normalized spacial score (nSPS) is 41.8. The van der Waals surface area contributed by atoms with Crippen LogP contribution in [0.1, 0.15) is 32.1 Å². The largest absolute Gasteiger partial charge is 0.459 e. The fourth-order valence-electron chi connectivity index (χ4n) is 2.21. The van der Waals surface area contributed by atoms with Crippen LogP contribution < -0.4 is 0 Å². The van der Waals surface area contributed by atoms with E-state index in [1.165, 1.54) is 0 Å². The van der Waals surface area contributed by atoms with Crippen LogP contribution in [0, 0.1) is 5.92 Å². The van der Waals surface area contributed by atoms with Gasteiger partial charge in [0.2, 0.25) is 0 Å². The predicted molar refractivity (Wildman–Crippen MR) is 42.5 cm³/mol. The molecule has 1 aliphatic heterocycles. The van der Waals surface area contributed by atoms with Crippen molar-refractivity contribution in [3.63, 3.8) is 0 Å². The van der Waals surface area contributed by atoms with Gasteiger partial charge >= 0.3 is 5.97 Å². The van der Waals surface area contributed by atoms with Crippen LogP contribution >= 0.6 is 0 Å². The highest BCUT2D eigenvalue weighted by atomic mass is 16.6. The van der Waals surface area contributed by atoms with Crippen LogP contribution in [0.4, 0.5) is 0 Å². The second-order valence-corrected chi connectivity index (χ2v) is 3.77. The van der Waals surface area contributed by atoms with Crippen molar-refractivity contribution >= 4 is 5.97 Å². The van der Waals surface area contributed by atoms with Crippen molar-refractivity contribution in [2.75, 3.05) is 0 Å². The molecule has 1 aliphatic carbocycles. The Bertz CT molecular complexity index is 190. The Morgan fingerprint density at radius 2 is 2.08 bits per heavy atom. The quantitative estimate of drug-likeness (QED) is 0.548. The summed E-state index contributed by atoms with van der Waals surface area (Å²) in [6.07, 6.45) is 3.91. The van der Waals surface area contributed by atoms with Crippen LogP contribution in [0.15, 0.2) is 0 Å². The van der Waals surface area contributed by atoms with Crippen molar-refractivity contribution in [1.29, 1.82) is 0 Å². The first-order valence-corrected chi connectivity index (χ1v) is 4.65. The van der Waals surface area contributed by atoms with E-state index in [9.17, 15) is 9.90 Å². The van der Waals surface area contributed by atoms with Crippen molar-refractivity contribution in [1.82, 2.24) is 0 Å². The minimum Gasteiger partial charge on any atom is -0.459 e. The molecule has 0 bridgehead atoms. The first-order valence-electron chi connectivity index (χ1n) is 4.65. The number of carbonyl (C=O) groups excluding carboxylic acids is 1. The van der Waals surface area contributed by atoms with E-state index in [4.69, 9.17) is 4.74 Å². The van der Waals surface area contributed by atoms with E-state index in [0.29, 0.717) is 6.42 Å². The van der Waals surface area contributed by atoms with E-state index in [0.717, 1.165) is 25.7 Å². The maximum absolute atomic E-state index is 10.9. The summed E-state index contributed by atoms with van der Waals surface area (Å²) in [6, 6.07) is 0. The summed E-state index contributed by atoms with van der Waals surface area (Å²) in [6.45, 7) is 0. The average molecular weight is 170 g/mol. The third-order valence-electron chi connectivity index (χ3n) is 2.87. The molecular weight excluding hydrogens is 156 g/mol. The zero-order chi connectivity index (χ0) is 8.55. The Labute approximate surface area is 71.7 Å². The van der Waals surface area contributed by atoms with Crippen LogP contribution in [0.2, 0.25) is 0 Å². The molecule has 3 atom stereocenters. The highest BCUT2D eigenvalue weighted by molar-refractivity contribution is 5.72. The lowest BCUT2D eigenvalue weighted by Gasteiger charge is -2.18. The molecule has 0 radical (unpaired) electrons. The summed E-state index contributed by atoms with van der Waals surface area (Å²) in [5, 5.41) is 9.60. The van der Waals surface area contributed by atoms with Gasteiger partial charge in [0.1, 0.15) is 6.10 Å². The van der Waals surface area contributed by atoms with Crippen LogP contribution in [-0.4, -0.2) is 23.3 Å².